The SMILES string of the molecule is CCC/C(=C\c1cc(Br)ccc1O)CC[C@H]1OC[C@H]2C1=C(C)C[C@H]1C(=O)N(Cc3cccs3)C(=O)[C@H]12. The standard InChI is InChI=1S/C29H32BrNO4S/c1-3-5-18(13-19-14-20(30)8-9-24(19)32)7-10-25-26-17(2)12-22-27(23(26)16-35-25)29(34)31(28(22)33)15-21-6-4-11-36-21/h4,6,8-9,11,13-14,22-23,25,27,32H,3,5,7,10,12,15-16H2,1-2H3/b18-13+/t22-,23+,25-,27-/m1/s1. The van der Waals surface area contributed by atoms with Crippen molar-refractivity contribution < 1.29 is 19.4 Å². The van der Waals surface area contributed by atoms with Crippen LogP contribution < -0.4 is 0 Å². The van der Waals surface area contributed by atoms with E-state index in [0.717, 1.165) is 40.6 Å². The smallest absolute Gasteiger partial charge is 0.234 e. The van der Waals surface area contributed by atoms with E-state index in [-0.39, 0.29) is 41.4 Å². The largest absolute Gasteiger partial charge is 0.507 e. The molecule has 0 saturated carbocycles. The van der Waals surface area contributed by atoms with Gasteiger partial charge in [0.15, 0.2) is 0 Å². The number of allylic oxidation sites excluding steroid dienone is 2. The van der Waals surface area contributed by atoms with Crippen molar-refractivity contribution in [3.05, 3.63) is 67.3 Å². The fourth-order valence-corrected chi connectivity index (χ4v) is 7.25. The van der Waals surface area contributed by atoms with Gasteiger partial charge in [-0.3, -0.25) is 14.5 Å². The van der Waals surface area contributed by atoms with Gasteiger partial charge in [0.2, 0.25) is 11.8 Å². The first kappa shape index (κ1) is 25.4. The Hall–Kier alpha value is -2.22. The molecule has 1 aliphatic carbocycles. The van der Waals surface area contributed by atoms with E-state index in [1.165, 1.54) is 21.6 Å². The molecule has 2 fully saturated rings. The molecule has 4 atom stereocenters. The molecule has 190 valence electrons. The van der Waals surface area contributed by atoms with Crippen molar-refractivity contribution >= 4 is 45.2 Å². The van der Waals surface area contributed by atoms with Gasteiger partial charge in [-0.25, -0.2) is 0 Å². The summed E-state index contributed by atoms with van der Waals surface area (Å²) >= 11 is 5.07. The maximum absolute atomic E-state index is 13.4. The highest BCUT2D eigenvalue weighted by atomic mass is 79.9. The molecule has 3 heterocycles. The molecule has 0 spiro atoms. The number of hydrogen-bond donors (Lipinski definition) is 1. The number of carbonyl (C=O) groups excluding carboxylic acids is 2. The van der Waals surface area contributed by atoms with Crippen molar-refractivity contribution in [3.8, 4) is 5.75 Å². The minimum Gasteiger partial charge on any atom is -0.507 e. The molecule has 0 bridgehead atoms. The summed E-state index contributed by atoms with van der Waals surface area (Å²) in [5, 5.41) is 12.3. The molecule has 2 saturated heterocycles. The van der Waals surface area contributed by atoms with E-state index >= 15 is 0 Å². The molecule has 36 heavy (non-hydrogen) atoms. The van der Waals surface area contributed by atoms with Crippen LogP contribution in [0, 0.1) is 17.8 Å². The van der Waals surface area contributed by atoms with Gasteiger partial charge in [0, 0.05) is 20.8 Å². The van der Waals surface area contributed by atoms with Crippen LogP contribution in [0.25, 0.3) is 6.08 Å². The summed E-state index contributed by atoms with van der Waals surface area (Å²) in [4.78, 5) is 29.2. The second-order valence-corrected chi connectivity index (χ2v) is 12.1. The van der Waals surface area contributed by atoms with E-state index in [9.17, 15) is 14.7 Å². The second-order valence-electron chi connectivity index (χ2n) is 10.1. The number of amides is 2. The average Bonchev–Trinajstić information content (AvgIpc) is 3.57. The van der Waals surface area contributed by atoms with Gasteiger partial charge in [-0.1, -0.05) is 52.6 Å². The normalized spacial score (nSPS) is 26.1. The van der Waals surface area contributed by atoms with Crippen molar-refractivity contribution in [1.29, 1.82) is 0 Å². The number of aromatic hydroxyl groups is 1. The number of rotatable bonds is 8. The summed E-state index contributed by atoms with van der Waals surface area (Å²) in [7, 11) is 0. The number of phenols is 1. The van der Waals surface area contributed by atoms with Crippen molar-refractivity contribution in [2.24, 2.45) is 17.8 Å². The fourth-order valence-electron chi connectivity index (χ4n) is 6.18. The van der Waals surface area contributed by atoms with Crippen LogP contribution in [0.2, 0.25) is 0 Å². The number of thiophene rings is 1. The number of imide groups is 1. The summed E-state index contributed by atoms with van der Waals surface area (Å²) in [6.45, 7) is 5.16. The lowest BCUT2D eigenvalue weighted by Gasteiger charge is -2.30. The molecule has 1 aromatic heterocycles. The summed E-state index contributed by atoms with van der Waals surface area (Å²) in [5.74, 6) is -0.353. The molecule has 0 unspecified atom stereocenters. The molecule has 1 aromatic carbocycles. The maximum Gasteiger partial charge on any atom is 0.234 e. The molecule has 7 heteroatoms. The molecule has 2 aromatic rings. The molecule has 5 nitrogen and oxygen atoms in total. The monoisotopic (exact) mass is 569 g/mol. The molecule has 1 N–H and O–H groups in total. The first-order valence-electron chi connectivity index (χ1n) is 12.7. The van der Waals surface area contributed by atoms with E-state index in [1.807, 2.05) is 29.6 Å². The molecule has 3 aliphatic rings. The number of benzene rings is 1. The third kappa shape index (κ3) is 4.85. The summed E-state index contributed by atoms with van der Waals surface area (Å²) < 4.78 is 7.24. The van der Waals surface area contributed by atoms with Gasteiger partial charge in [-0.15, -0.1) is 11.3 Å². The zero-order valence-corrected chi connectivity index (χ0v) is 23.1. The lowest BCUT2D eigenvalue weighted by molar-refractivity contribution is -0.140. The van der Waals surface area contributed by atoms with E-state index in [4.69, 9.17) is 4.74 Å². The Labute approximate surface area is 225 Å². The number of nitrogens with zero attached hydrogens (tertiary/aromatic N) is 1. The molecule has 2 aliphatic heterocycles. The lowest BCUT2D eigenvalue weighted by Crippen LogP contribution is -2.34. The number of likely N-dealkylation sites (tertiary alicyclic amines) is 1. The number of hydrogen-bond acceptors (Lipinski definition) is 5. The Morgan fingerprint density at radius 2 is 2.06 bits per heavy atom. The van der Waals surface area contributed by atoms with Gasteiger partial charge in [0.05, 0.1) is 31.1 Å². The highest BCUT2D eigenvalue weighted by Crippen LogP contribution is 2.50. The van der Waals surface area contributed by atoms with Gasteiger partial charge < -0.3 is 9.84 Å². The third-order valence-electron chi connectivity index (χ3n) is 7.79. The minimum atomic E-state index is -0.301. The Kier molecular flexibility index (Phi) is 7.52. The molecule has 5 rings (SSSR count). The Morgan fingerprint density at radius 1 is 1.22 bits per heavy atom. The zero-order chi connectivity index (χ0) is 25.4. The Balaban J connectivity index is 1.32. The van der Waals surface area contributed by atoms with Crippen molar-refractivity contribution in [3.63, 3.8) is 0 Å². The van der Waals surface area contributed by atoms with Crippen LogP contribution >= 0.6 is 27.3 Å². The van der Waals surface area contributed by atoms with Crippen molar-refractivity contribution in [2.75, 3.05) is 6.61 Å². The fraction of sp³-hybridized carbons (Fsp3) is 0.448. The molecular weight excluding hydrogens is 538 g/mol. The number of ether oxygens (including phenoxy) is 1. The third-order valence-corrected chi connectivity index (χ3v) is 9.14. The highest BCUT2D eigenvalue weighted by molar-refractivity contribution is 9.10. The van der Waals surface area contributed by atoms with Gasteiger partial charge in [-0.2, -0.15) is 0 Å². The summed E-state index contributed by atoms with van der Waals surface area (Å²) in [6.07, 6.45) is 6.39. The zero-order valence-electron chi connectivity index (χ0n) is 20.7. The van der Waals surface area contributed by atoms with Crippen LogP contribution in [0.15, 0.2) is 56.9 Å². The van der Waals surface area contributed by atoms with E-state index in [0.29, 0.717) is 19.6 Å². The van der Waals surface area contributed by atoms with E-state index in [2.05, 4.69) is 35.9 Å². The number of phenolic OH excluding ortho intramolecular Hbond substituents is 1. The van der Waals surface area contributed by atoms with Crippen LogP contribution in [0.1, 0.15) is 56.4 Å². The molecule has 0 radical (unpaired) electrons. The Bertz CT molecular complexity index is 1220. The van der Waals surface area contributed by atoms with Crippen LogP contribution in [0.5, 0.6) is 5.75 Å². The van der Waals surface area contributed by atoms with Crippen LogP contribution in [0.4, 0.5) is 0 Å². The van der Waals surface area contributed by atoms with Crippen LogP contribution in [-0.4, -0.2) is 34.5 Å². The first-order valence-corrected chi connectivity index (χ1v) is 14.4. The van der Waals surface area contributed by atoms with Crippen molar-refractivity contribution in [1.82, 2.24) is 4.90 Å². The number of halogens is 1. The average molecular weight is 571 g/mol. The van der Waals surface area contributed by atoms with Gasteiger partial charge >= 0.3 is 0 Å². The number of fused-ring (bicyclic) bond motifs is 3. The first-order chi connectivity index (χ1) is 17.4. The molecular formula is C29H32BrNO4S. The lowest BCUT2D eigenvalue weighted by atomic mass is 9.70. The minimum absolute atomic E-state index is 0.00809. The number of carbonyl (C=O) groups is 2. The summed E-state index contributed by atoms with van der Waals surface area (Å²) in [5.41, 5.74) is 4.55. The van der Waals surface area contributed by atoms with Crippen LogP contribution in [0.3, 0.4) is 0 Å². The van der Waals surface area contributed by atoms with E-state index < -0.39 is 0 Å². The van der Waals surface area contributed by atoms with Gasteiger partial charge in [0.25, 0.3) is 0 Å². The topological polar surface area (TPSA) is 66.8 Å². The summed E-state index contributed by atoms with van der Waals surface area (Å²) in [6, 6.07) is 9.41. The van der Waals surface area contributed by atoms with Crippen LogP contribution in [-0.2, 0) is 20.9 Å². The second kappa shape index (κ2) is 10.6. The highest BCUT2D eigenvalue weighted by Gasteiger charge is 2.56. The van der Waals surface area contributed by atoms with Gasteiger partial charge in [0.1, 0.15) is 5.75 Å². The Morgan fingerprint density at radius 3 is 2.81 bits per heavy atom. The van der Waals surface area contributed by atoms with Crippen molar-refractivity contribution in [2.45, 2.75) is 58.6 Å². The quantitative estimate of drug-likeness (QED) is 0.283. The predicted molar refractivity (Wildman–Crippen MR) is 145 cm³/mol. The van der Waals surface area contributed by atoms with E-state index in [1.54, 1.807) is 17.4 Å². The molecule has 2 amide bonds. The van der Waals surface area contributed by atoms with Gasteiger partial charge in [-0.05, 0) is 67.8 Å². The predicted octanol–water partition coefficient (Wildman–Crippen LogP) is 6.72. The maximum atomic E-state index is 13.4.